The summed E-state index contributed by atoms with van der Waals surface area (Å²) >= 11 is 3.24. The lowest BCUT2D eigenvalue weighted by molar-refractivity contribution is 0.320. The van der Waals surface area contributed by atoms with E-state index in [0.717, 1.165) is 4.47 Å². The van der Waals surface area contributed by atoms with Gasteiger partial charge in [-0.25, -0.2) is 0 Å². The van der Waals surface area contributed by atoms with Crippen molar-refractivity contribution in [3.63, 3.8) is 0 Å². The van der Waals surface area contributed by atoms with Gasteiger partial charge in [-0.2, -0.15) is 5.26 Å². The number of rotatable bonds is 1. The molecule has 0 bridgehead atoms. The molecule has 0 fully saturated rings. The van der Waals surface area contributed by atoms with Crippen molar-refractivity contribution in [1.82, 2.24) is 0 Å². The third kappa shape index (κ3) is 1.83. The van der Waals surface area contributed by atoms with Gasteiger partial charge >= 0.3 is 0 Å². The molecule has 0 amide bonds. The van der Waals surface area contributed by atoms with E-state index in [2.05, 4.69) is 21.1 Å². The van der Waals surface area contributed by atoms with Crippen LogP contribution >= 0.6 is 15.9 Å². The standard InChI is InChI=1S/C8H5BrN2O/c9-7-3-1-2-6(4-7)8(5-10)11-12/h1-4,12H/b11-8-. The quantitative estimate of drug-likeness (QED) is 0.452. The lowest BCUT2D eigenvalue weighted by Gasteiger charge is -1.95. The molecule has 12 heavy (non-hydrogen) atoms. The van der Waals surface area contributed by atoms with Crippen LogP contribution in [0.3, 0.4) is 0 Å². The molecule has 1 rings (SSSR count). The fourth-order valence-electron chi connectivity index (χ4n) is 0.780. The summed E-state index contributed by atoms with van der Waals surface area (Å²) in [5.74, 6) is 0. The third-order valence-corrected chi connectivity index (χ3v) is 1.80. The summed E-state index contributed by atoms with van der Waals surface area (Å²) in [5, 5.41) is 19.8. The molecular weight excluding hydrogens is 220 g/mol. The zero-order chi connectivity index (χ0) is 8.97. The minimum atomic E-state index is 0.0105. The Balaban J connectivity index is 3.13. The minimum absolute atomic E-state index is 0.0105. The number of nitriles is 1. The summed E-state index contributed by atoms with van der Waals surface area (Å²) in [5.41, 5.74) is 0.602. The lowest BCUT2D eigenvalue weighted by Crippen LogP contribution is -1.95. The van der Waals surface area contributed by atoms with Crippen molar-refractivity contribution in [2.75, 3.05) is 0 Å². The Morgan fingerprint density at radius 2 is 2.33 bits per heavy atom. The minimum Gasteiger partial charge on any atom is -0.410 e. The Hall–Kier alpha value is -1.34. The van der Waals surface area contributed by atoms with Gasteiger partial charge < -0.3 is 5.21 Å². The topological polar surface area (TPSA) is 56.4 Å². The van der Waals surface area contributed by atoms with Crippen molar-refractivity contribution in [3.05, 3.63) is 34.3 Å². The molecule has 0 atom stereocenters. The van der Waals surface area contributed by atoms with Gasteiger partial charge in [0.2, 0.25) is 0 Å². The van der Waals surface area contributed by atoms with Crippen LogP contribution in [-0.2, 0) is 0 Å². The molecule has 0 aromatic heterocycles. The van der Waals surface area contributed by atoms with Crippen LogP contribution < -0.4 is 0 Å². The number of oxime groups is 1. The molecule has 1 aromatic rings. The highest BCUT2D eigenvalue weighted by molar-refractivity contribution is 9.10. The Morgan fingerprint density at radius 3 is 2.83 bits per heavy atom. The zero-order valence-corrected chi connectivity index (χ0v) is 7.62. The Kier molecular flexibility index (Phi) is 2.83. The van der Waals surface area contributed by atoms with Crippen molar-refractivity contribution < 1.29 is 5.21 Å². The van der Waals surface area contributed by atoms with Crippen LogP contribution in [0.5, 0.6) is 0 Å². The predicted octanol–water partition coefficient (Wildman–Crippen LogP) is 2.15. The maximum Gasteiger partial charge on any atom is 0.186 e. The largest absolute Gasteiger partial charge is 0.410 e. The normalized spacial score (nSPS) is 10.8. The first-order chi connectivity index (χ1) is 5.77. The molecule has 0 saturated carbocycles. The predicted molar refractivity (Wildman–Crippen MR) is 48.1 cm³/mol. The molecule has 0 heterocycles. The molecule has 4 heteroatoms. The molecule has 60 valence electrons. The molecule has 0 radical (unpaired) electrons. The summed E-state index contributed by atoms with van der Waals surface area (Å²) in [6.07, 6.45) is 0. The summed E-state index contributed by atoms with van der Waals surface area (Å²) in [7, 11) is 0. The molecule has 0 unspecified atom stereocenters. The Bertz CT molecular complexity index is 354. The number of halogens is 1. The van der Waals surface area contributed by atoms with Gasteiger partial charge in [-0.3, -0.25) is 0 Å². The summed E-state index contributed by atoms with van der Waals surface area (Å²) in [4.78, 5) is 0. The molecule has 0 spiro atoms. The lowest BCUT2D eigenvalue weighted by atomic mass is 10.1. The van der Waals surface area contributed by atoms with E-state index >= 15 is 0 Å². The van der Waals surface area contributed by atoms with Gasteiger partial charge in [0.1, 0.15) is 6.07 Å². The van der Waals surface area contributed by atoms with Crippen LogP contribution in [0.2, 0.25) is 0 Å². The number of hydrogen-bond acceptors (Lipinski definition) is 3. The van der Waals surface area contributed by atoms with E-state index < -0.39 is 0 Å². The van der Waals surface area contributed by atoms with Gasteiger partial charge in [-0.05, 0) is 12.1 Å². The van der Waals surface area contributed by atoms with E-state index in [0.29, 0.717) is 5.56 Å². The number of nitrogens with zero attached hydrogens (tertiary/aromatic N) is 2. The van der Waals surface area contributed by atoms with Crippen LogP contribution in [0.15, 0.2) is 33.9 Å². The molecule has 0 saturated heterocycles. The van der Waals surface area contributed by atoms with Crippen molar-refractivity contribution >= 4 is 21.6 Å². The molecule has 0 aliphatic carbocycles. The molecule has 1 aromatic carbocycles. The second-order valence-electron chi connectivity index (χ2n) is 2.07. The SMILES string of the molecule is N#C/C(=N/O)c1cccc(Br)c1. The first kappa shape index (κ1) is 8.75. The average molecular weight is 225 g/mol. The molecule has 0 aliphatic heterocycles. The van der Waals surface area contributed by atoms with Crippen molar-refractivity contribution in [3.8, 4) is 6.07 Å². The smallest absolute Gasteiger partial charge is 0.186 e. The van der Waals surface area contributed by atoms with Crippen molar-refractivity contribution in [2.45, 2.75) is 0 Å². The van der Waals surface area contributed by atoms with Crippen molar-refractivity contribution in [1.29, 1.82) is 5.26 Å². The number of hydrogen-bond donors (Lipinski definition) is 1. The maximum absolute atomic E-state index is 8.51. The van der Waals surface area contributed by atoms with Gasteiger partial charge in [-0.15, -0.1) is 0 Å². The van der Waals surface area contributed by atoms with E-state index in [1.807, 2.05) is 6.07 Å². The second kappa shape index (κ2) is 3.88. The van der Waals surface area contributed by atoms with E-state index in [-0.39, 0.29) is 5.71 Å². The van der Waals surface area contributed by atoms with E-state index in [1.165, 1.54) is 0 Å². The van der Waals surface area contributed by atoms with Gasteiger partial charge in [0.15, 0.2) is 5.71 Å². The van der Waals surface area contributed by atoms with E-state index in [4.69, 9.17) is 10.5 Å². The zero-order valence-electron chi connectivity index (χ0n) is 6.03. The van der Waals surface area contributed by atoms with Gasteiger partial charge in [0.05, 0.1) is 0 Å². The first-order valence-corrected chi connectivity index (χ1v) is 3.95. The van der Waals surface area contributed by atoms with Crippen LogP contribution in [0.4, 0.5) is 0 Å². The van der Waals surface area contributed by atoms with Gasteiger partial charge in [0, 0.05) is 10.0 Å². The second-order valence-corrected chi connectivity index (χ2v) is 2.99. The fourth-order valence-corrected chi connectivity index (χ4v) is 1.18. The first-order valence-electron chi connectivity index (χ1n) is 3.16. The van der Waals surface area contributed by atoms with Crippen LogP contribution in [0.1, 0.15) is 5.56 Å². The van der Waals surface area contributed by atoms with Gasteiger partial charge in [-0.1, -0.05) is 33.2 Å². The van der Waals surface area contributed by atoms with Crippen LogP contribution in [0, 0.1) is 11.3 Å². The molecule has 0 aliphatic rings. The van der Waals surface area contributed by atoms with Crippen LogP contribution in [-0.4, -0.2) is 10.9 Å². The highest BCUT2D eigenvalue weighted by Crippen LogP contribution is 2.11. The molecular formula is C8H5BrN2O. The third-order valence-electron chi connectivity index (χ3n) is 1.30. The summed E-state index contributed by atoms with van der Waals surface area (Å²) < 4.78 is 0.844. The highest BCUT2D eigenvalue weighted by atomic mass is 79.9. The van der Waals surface area contributed by atoms with E-state index in [1.54, 1.807) is 24.3 Å². The summed E-state index contributed by atoms with van der Waals surface area (Å²) in [6, 6.07) is 8.77. The van der Waals surface area contributed by atoms with Gasteiger partial charge in [0.25, 0.3) is 0 Å². The Labute approximate surface area is 78.1 Å². The number of benzene rings is 1. The molecule has 3 nitrogen and oxygen atoms in total. The summed E-state index contributed by atoms with van der Waals surface area (Å²) in [6.45, 7) is 0. The monoisotopic (exact) mass is 224 g/mol. The van der Waals surface area contributed by atoms with Crippen LogP contribution in [0.25, 0.3) is 0 Å². The highest BCUT2D eigenvalue weighted by Gasteiger charge is 2.01. The fraction of sp³-hybridized carbons (Fsp3) is 0. The maximum atomic E-state index is 8.51. The average Bonchev–Trinajstić information content (AvgIpc) is 2.07. The molecule has 1 N–H and O–H groups in total. The Morgan fingerprint density at radius 1 is 1.58 bits per heavy atom. The van der Waals surface area contributed by atoms with Crippen molar-refractivity contribution in [2.24, 2.45) is 5.16 Å². The van der Waals surface area contributed by atoms with E-state index in [9.17, 15) is 0 Å².